The number of benzene rings is 1. The summed E-state index contributed by atoms with van der Waals surface area (Å²) in [6.45, 7) is 5.44. The van der Waals surface area contributed by atoms with E-state index < -0.39 is 0 Å². The summed E-state index contributed by atoms with van der Waals surface area (Å²) < 4.78 is 0. The van der Waals surface area contributed by atoms with E-state index in [9.17, 15) is 0 Å². The minimum Gasteiger partial charge on any atom is -0.368 e. The Bertz CT molecular complexity index is 522. The average molecular weight is 329 g/mol. The van der Waals surface area contributed by atoms with Crippen LogP contribution >= 0.6 is 35.3 Å². The van der Waals surface area contributed by atoms with Crippen LogP contribution in [0.4, 0.5) is 5.69 Å². The Kier molecular flexibility index (Phi) is 5.73. The Hall–Kier alpha value is -0.740. The second-order valence-electron chi connectivity index (χ2n) is 4.87. The molecule has 1 aromatic heterocycles. The van der Waals surface area contributed by atoms with Gasteiger partial charge in [0.05, 0.1) is 0 Å². The van der Waals surface area contributed by atoms with E-state index in [1.165, 1.54) is 11.3 Å². The largest absolute Gasteiger partial charge is 0.368 e. The van der Waals surface area contributed by atoms with E-state index in [-0.39, 0.29) is 12.4 Å². The van der Waals surface area contributed by atoms with Gasteiger partial charge < -0.3 is 4.90 Å². The highest BCUT2D eigenvalue weighted by Gasteiger charge is 2.17. The van der Waals surface area contributed by atoms with Crippen LogP contribution in [0.15, 0.2) is 41.1 Å². The van der Waals surface area contributed by atoms with Gasteiger partial charge in [-0.15, -0.1) is 12.4 Å². The summed E-state index contributed by atoms with van der Waals surface area (Å²) in [7, 11) is 0. The zero-order valence-corrected chi connectivity index (χ0v) is 13.6. The standard InChI is InChI=1S/C15H17ClN2S.ClH/c16-14-3-1-2-13(10-14)11-17-5-7-18(8-6-17)15-4-9-19-12-15;/h1-4,9-10,12H,5-8,11H2;1H. The van der Waals surface area contributed by atoms with E-state index >= 15 is 0 Å². The van der Waals surface area contributed by atoms with Crippen molar-refractivity contribution in [2.75, 3.05) is 31.1 Å². The topological polar surface area (TPSA) is 6.48 Å². The number of hydrogen-bond acceptors (Lipinski definition) is 3. The highest BCUT2D eigenvalue weighted by molar-refractivity contribution is 7.08. The minimum absolute atomic E-state index is 0. The number of anilines is 1. The number of piperazine rings is 1. The van der Waals surface area contributed by atoms with Gasteiger partial charge in [0.15, 0.2) is 0 Å². The van der Waals surface area contributed by atoms with Crippen molar-refractivity contribution in [2.24, 2.45) is 0 Å². The van der Waals surface area contributed by atoms with Crippen molar-refractivity contribution in [3.05, 3.63) is 51.7 Å². The number of rotatable bonds is 3. The molecule has 2 aromatic rings. The molecule has 0 aliphatic carbocycles. The molecule has 0 radical (unpaired) electrons. The predicted octanol–water partition coefficient (Wildman–Crippen LogP) is 4.15. The maximum atomic E-state index is 6.03. The fourth-order valence-electron chi connectivity index (χ4n) is 2.49. The molecule has 0 unspecified atom stereocenters. The summed E-state index contributed by atoms with van der Waals surface area (Å²) in [4.78, 5) is 4.96. The average Bonchev–Trinajstić information content (AvgIpc) is 2.94. The summed E-state index contributed by atoms with van der Waals surface area (Å²) in [5, 5.41) is 5.20. The van der Waals surface area contributed by atoms with Crippen molar-refractivity contribution in [1.82, 2.24) is 4.90 Å². The van der Waals surface area contributed by atoms with Crippen molar-refractivity contribution in [2.45, 2.75) is 6.54 Å². The lowest BCUT2D eigenvalue weighted by molar-refractivity contribution is 0.250. The summed E-state index contributed by atoms with van der Waals surface area (Å²) in [5.74, 6) is 0. The first-order valence-corrected chi connectivity index (χ1v) is 7.87. The van der Waals surface area contributed by atoms with Crippen molar-refractivity contribution in [3.63, 3.8) is 0 Å². The molecule has 2 heterocycles. The van der Waals surface area contributed by atoms with Crippen LogP contribution in [0.3, 0.4) is 0 Å². The van der Waals surface area contributed by atoms with Gasteiger partial charge in [0, 0.05) is 48.8 Å². The molecule has 1 aromatic carbocycles. The van der Waals surface area contributed by atoms with Crippen LogP contribution < -0.4 is 4.90 Å². The predicted molar refractivity (Wildman–Crippen MR) is 90.5 cm³/mol. The van der Waals surface area contributed by atoms with Crippen molar-refractivity contribution >= 4 is 41.0 Å². The van der Waals surface area contributed by atoms with E-state index in [1.807, 2.05) is 12.1 Å². The molecule has 1 aliphatic rings. The third kappa shape index (κ3) is 3.89. The fraction of sp³-hybridized carbons (Fsp3) is 0.333. The molecule has 108 valence electrons. The Labute approximate surface area is 135 Å². The molecule has 0 saturated carbocycles. The third-order valence-corrected chi connectivity index (χ3v) is 4.44. The number of halogens is 2. The van der Waals surface area contributed by atoms with Crippen LogP contribution in [0.1, 0.15) is 5.56 Å². The van der Waals surface area contributed by atoms with Crippen LogP contribution in [-0.2, 0) is 6.54 Å². The Morgan fingerprint density at radius 3 is 2.55 bits per heavy atom. The first-order valence-electron chi connectivity index (χ1n) is 6.55. The quantitative estimate of drug-likeness (QED) is 0.835. The lowest BCUT2D eigenvalue weighted by atomic mass is 10.2. The van der Waals surface area contributed by atoms with E-state index in [0.29, 0.717) is 0 Å². The number of thiophene rings is 1. The van der Waals surface area contributed by atoms with E-state index in [0.717, 1.165) is 37.7 Å². The molecule has 0 bridgehead atoms. The Balaban J connectivity index is 0.00000147. The Morgan fingerprint density at radius 2 is 1.90 bits per heavy atom. The maximum Gasteiger partial charge on any atom is 0.0475 e. The molecule has 0 atom stereocenters. The molecule has 2 nitrogen and oxygen atoms in total. The van der Waals surface area contributed by atoms with E-state index in [4.69, 9.17) is 11.6 Å². The molecule has 5 heteroatoms. The van der Waals surface area contributed by atoms with Crippen molar-refractivity contribution < 1.29 is 0 Å². The molecule has 0 N–H and O–H groups in total. The molecule has 1 saturated heterocycles. The number of hydrogen-bond donors (Lipinski definition) is 0. The lowest BCUT2D eigenvalue weighted by Gasteiger charge is -2.35. The molecule has 1 fully saturated rings. The molecule has 20 heavy (non-hydrogen) atoms. The van der Waals surface area contributed by atoms with Gasteiger partial charge in [0.25, 0.3) is 0 Å². The first-order chi connectivity index (χ1) is 9.31. The highest BCUT2D eigenvalue weighted by Crippen LogP contribution is 2.20. The summed E-state index contributed by atoms with van der Waals surface area (Å²) in [6, 6.07) is 10.4. The maximum absolute atomic E-state index is 6.03. The van der Waals surface area contributed by atoms with Crippen LogP contribution in [-0.4, -0.2) is 31.1 Å². The molecule has 0 amide bonds. The van der Waals surface area contributed by atoms with Crippen LogP contribution in [0.5, 0.6) is 0 Å². The van der Waals surface area contributed by atoms with Gasteiger partial charge in [-0.2, -0.15) is 11.3 Å². The zero-order valence-electron chi connectivity index (χ0n) is 11.2. The third-order valence-electron chi connectivity index (χ3n) is 3.54. The smallest absolute Gasteiger partial charge is 0.0475 e. The molecular formula is C15H18Cl2N2S. The van der Waals surface area contributed by atoms with Gasteiger partial charge in [-0.3, -0.25) is 4.90 Å². The summed E-state index contributed by atoms with van der Waals surface area (Å²) in [6.07, 6.45) is 0. The van der Waals surface area contributed by atoms with Gasteiger partial charge in [0.2, 0.25) is 0 Å². The van der Waals surface area contributed by atoms with Crippen LogP contribution in [0.2, 0.25) is 5.02 Å². The molecule has 3 rings (SSSR count). The summed E-state index contributed by atoms with van der Waals surface area (Å²) in [5.41, 5.74) is 2.67. The van der Waals surface area contributed by atoms with Crippen LogP contribution in [0.25, 0.3) is 0 Å². The van der Waals surface area contributed by atoms with Gasteiger partial charge in [0.1, 0.15) is 0 Å². The summed E-state index contributed by atoms with van der Waals surface area (Å²) >= 11 is 7.80. The zero-order chi connectivity index (χ0) is 13.1. The lowest BCUT2D eigenvalue weighted by Crippen LogP contribution is -2.45. The van der Waals surface area contributed by atoms with Crippen molar-refractivity contribution in [1.29, 1.82) is 0 Å². The van der Waals surface area contributed by atoms with Gasteiger partial charge in [-0.1, -0.05) is 23.7 Å². The second-order valence-corrected chi connectivity index (χ2v) is 6.09. The van der Waals surface area contributed by atoms with E-state index in [2.05, 4.69) is 38.8 Å². The molecule has 0 spiro atoms. The first kappa shape index (κ1) is 15.6. The fourth-order valence-corrected chi connectivity index (χ4v) is 3.37. The molecular weight excluding hydrogens is 311 g/mol. The number of nitrogens with zero attached hydrogens (tertiary/aromatic N) is 2. The van der Waals surface area contributed by atoms with Gasteiger partial charge >= 0.3 is 0 Å². The van der Waals surface area contributed by atoms with Gasteiger partial charge in [-0.05, 0) is 29.1 Å². The minimum atomic E-state index is 0. The van der Waals surface area contributed by atoms with Crippen molar-refractivity contribution in [3.8, 4) is 0 Å². The monoisotopic (exact) mass is 328 g/mol. The van der Waals surface area contributed by atoms with Gasteiger partial charge in [-0.25, -0.2) is 0 Å². The Morgan fingerprint density at radius 1 is 1.10 bits per heavy atom. The van der Waals surface area contributed by atoms with E-state index in [1.54, 1.807) is 11.3 Å². The normalized spacial score (nSPS) is 15.9. The SMILES string of the molecule is Cl.Clc1cccc(CN2CCN(c3ccsc3)CC2)c1. The molecule has 1 aliphatic heterocycles. The second kappa shape index (κ2) is 7.32. The highest BCUT2D eigenvalue weighted by atomic mass is 35.5. The van der Waals surface area contributed by atoms with Crippen LogP contribution in [0, 0.1) is 0 Å².